The van der Waals surface area contributed by atoms with Gasteiger partial charge in [0.25, 0.3) is 0 Å². The molecule has 3 aromatic rings. The lowest BCUT2D eigenvalue weighted by molar-refractivity contribution is -0.0472. The lowest BCUT2D eigenvalue weighted by Crippen LogP contribution is -2.26. The van der Waals surface area contributed by atoms with Crippen molar-refractivity contribution in [2.24, 2.45) is 5.92 Å². The zero-order valence-electron chi connectivity index (χ0n) is 17.6. The van der Waals surface area contributed by atoms with Crippen LogP contribution in [0.5, 0.6) is 0 Å². The number of aryl methyl sites for hydroxylation is 3. The number of hydrogen-bond donors (Lipinski definition) is 0. The molecule has 0 saturated heterocycles. The van der Waals surface area contributed by atoms with Crippen LogP contribution in [0.25, 0.3) is 22.2 Å². The van der Waals surface area contributed by atoms with Gasteiger partial charge in [0.05, 0.1) is 11.0 Å². The Bertz CT molecular complexity index is 1010. The summed E-state index contributed by atoms with van der Waals surface area (Å²) in [5.41, 5.74) is 8.32. The fourth-order valence-electron chi connectivity index (χ4n) is 4.54. The first-order chi connectivity index (χ1) is 13.9. The molecule has 4 heteroatoms. The molecule has 0 atom stereocenters. The molecule has 1 aliphatic carbocycles. The lowest BCUT2D eigenvalue weighted by Gasteiger charge is -2.28. The summed E-state index contributed by atoms with van der Waals surface area (Å²) in [6.45, 7) is 7.25. The fourth-order valence-corrected chi connectivity index (χ4v) is 4.54. The van der Waals surface area contributed by atoms with Crippen molar-refractivity contribution in [2.45, 2.75) is 71.8 Å². The van der Waals surface area contributed by atoms with Gasteiger partial charge in [-0.25, -0.2) is 8.78 Å². The highest BCUT2D eigenvalue weighted by Crippen LogP contribution is 2.38. The molecule has 0 bridgehead atoms. The van der Waals surface area contributed by atoms with Crippen LogP contribution in [0, 0.1) is 12.8 Å². The number of alkyl halides is 2. The number of aromatic nitrogens is 2. The molecule has 4 rings (SSSR count). The van der Waals surface area contributed by atoms with Crippen LogP contribution >= 0.6 is 0 Å². The summed E-state index contributed by atoms with van der Waals surface area (Å²) in [4.78, 5) is 4.80. The average molecular weight is 397 g/mol. The van der Waals surface area contributed by atoms with Crippen LogP contribution in [-0.4, -0.2) is 15.5 Å². The third-order valence-electron chi connectivity index (χ3n) is 6.51. The van der Waals surface area contributed by atoms with Crippen LogP contribution in [0.3, 0.4) is 0 Å². The molecule has 0 amide bonds. The number of fused-ring (bicyclic) bond motifs is 1. The summed E-state index contributed by atoms with van der Waals surface area (Å²) < 4.78 is 29.4. The molecule has 1 aromatic carbocycles. The van der Waals surface area contributed by atoms with Gasteiger partial charge < -0.3 is 4.57 Å². The van der Waals surface area contributed by atoms with Gasteiger partial charge in [-0.3, -0.25) is 4.98 Å². The van der Waals surface area contributed by atoms with E-state index in [-0.39, 0.29) is 12.8 Å². The van der Waals surface area contributed by atoms with Crippen molar-refractivity contribution in [1.82, 2.24) is 9.55 Å². The molecule has 29 heavy (non-hydrogen) atoms. The molecule has 1 aliphatic rings. The van der Waals surface area contributed by atoms with Crippen molar-refractivity contribution < 1.29 is 8.78 Å². The summed E-state index contributed by atoms with van der Waals surface area (Å²) in [5, 5.41) is 0. The number of hydrogen-bond acceptors (Lipinski definition) is 1. The van der Waals surface area contributed by atoms with E-state index in [1.807, 2.05) is 6.20 Å². The Morgan fingerprint density at radius 1 is 1.10 bits per heavy atom. The first-order valence-electron chi connectivity index (χ1n) is 10.9. The number of rotatable bonds is 5. The monoisotopic (exact) mass is 396 g/mol. The van der Waals surface area contributed by atoms with E-state index in [0.29, 0.717) is 18.8 Å². The Labute approximate surface area is 172 Å². The summed E-state index contributed by atoms with van der Waals surface area (Å²) in [7, 11) is 0. The molecular weight excluding hydrogens is 366 g/mol. The smallest absolute Gasteiger partial charge is 0.248 e. The van der Waals surface area contributed by atoms with E-state index >= 15 is 0 Å². The van der Waals surface area contributed by atoms with Crippen LogP contribution in [0.4, 0.5) is 8.78 Å². The zero-order chi connectivity index (χ0) is 20.6. The van der Waals surface area contributed by atoms with Crippen molar-refractivity contribution in [2.75, 3.05) is 0 Å². The predicted molar refractivity (Wildman–Crippen MR) is 116 cm³/mol. The van der Waals surface area contributed by atoms with Crippen molar-refractivity contribution >= 4 is 11.0 Å². The van der Waals surface area contributed by atoms with Crippen molar-refractivity contribution in [3.63, 3.8) is 0 Å². The maximum absolute atomic E-state index is 13.6. The van der Waals surface area contributed by atoms with Crippen LogP contribution in [0.15, 0.2) is 36.7 Å². The van der Waals surface area contributed by atoms with Gasteiger partial charge in [0.2, 0.25) is 5.92 Å². The fraction of sp³-hybridized carbons (Fsp3) is 0.480. The van der Waals surface area contributed by atoms with Gasteiger partial charge in [0.15, 0.2) is 0 Å². The molecule has 0 radical (unpaired) electrons. The van der Waals surface area contributed by atoms with E-state index in [0.717, 1.165) is 36.0 Å². The molecule has 0 aliphatic heterocycles. The van der Waals surface area contributed by atoms with Crippen LogP contribution in [0.2, 0.25) is 0 Å². The molecule has 154 valence electrons. The minimum atomic E-state index is -2.48. The lowest BCUT2D eigenvalue weighted by atomic mass is 9.87. The molecule has 0 unspecified atom stereocenters. The first kappa shape index (κ1) is 20.1. The second-order valence-electron chi connectivity index (χ2n) is 8.55. The Balaban J connectivity index is 1.74. The molecule has 2 aromatic heterocycles. The summed E-state index contributed by atoms with van der Waals surface area (Å²) in [6.07, 6.45) is 7.30. The van der Waals surface area contributed by atoms with Crippen molar-refractivity contribution in [1.29, 1.82) is 0 Å². The summed E-state index contributed by atoms with van der Waals surface area (Å²) in [5.74, 6) is -2.18. The van der Waals surface area contributed by atoms with Gasteiger partial charge in [-0.15, -0.1) is 0 Å². The predicted octanol–water partition coefficient (Wildman–Crippen LogP) is 6.96. The molecule has 1 saturated carbocycles. The van der Waals surface area contributed by atoms with Gasteiger partial charge >= 0.3 is 0 Å². The van der Waals surface area contributed by atoms with Crippen molar-refractivity contribution in [3.8, 4) is 11.1 Å². The highest BCUT2D eigenvalue weighted by Gasteiger charge is 2.35. The van der Waals surface area contributed by atoms with Gasteiger partial charge in [0.1, 0.15) is 0 Å². The Hall–Kier alpha value is -2.23. The third-order valence-corrected chi connectivity index (χ3v) is 6.51. The number of halogens is 2. The summed E-state index contributed by atoms with van der Waals surface area (Å²) >= 11 is 0. The second kappa shape index (κ2) is 7.89. The SMILES string of the molecule is CCc1cnc2c(-c3ccc(C)c(CC)c3)cn(CC3CCC(F)(F)CC3)c2c1. The number of pyridine rings is 1. The normalized spacial score (nSPS) is 17.1. The Kier molecular flexibility index (Phi) is 5.46. The largest absolute Gasteiger partial charge is 0.345 e. The summed E-state index contributed by atoms with van der Waals surface area (Å²) in [6, 6.07) is 8.84. The van der Waals surface area contributed by atoms with Gasteiger partial charge in [-0.1, -0.05) is 32.0 Å². The maximum atomic E-state index is 13.6. The molecule has 2 nitrogen and oxygen atoms in total. The third kappa shape index (κ3) is 4.08. The van der Waals surface area contributed by atoms with Gasteiger partial charge in [-0.05, 0) is 66.8 Å². The average Bonchev–Trinajstić information content (AvgIpc) is 3.07. The number of benzene rings is 1. The van der Waals surface area contributed by atoms with Crippen LogP contribution < -0.4 is 0 Å². The van der Waals surface area contributed by atoms with Crippen LogP contribution in [-0.2, 0) is 19.4 Å². The molecule has 0 N–H and O–H groups in total. The quantitative estimate of drug-likeness (QED) is 0.456. The minimum Gasteiger partial charge on any atom is -0.345 e. The van der Waals surface area contributed by atoms with E-state index in [9.17, 15) is 8.78 Å². The van der Waals surface area contributed by atoms with Gasteiger partial charge in [-0.2, -0.15) is 0 Å². The van der Waals surface area contributed by atoms with Crippen LogP contribution in [0.1, 0.15) is 56.2 Å². The van der Waals surface area contributed by atoms with Gasteiger partial charge in [0, 0.05) is 37.3 Å². The number of nitrogens with zero attached hydrogens (tertiary/aromatic N) is 2. The Morgan fingerprint density at radius 2 is 1.86 bits per heavy atom. The maximum Gasteiger partial charge on any atom is 0.248 e. The topological polar surface area (TPSA) is 17.8 Å². The first-order valence-corrected chi connectivity index (χ1v) is 10.9. The highest BCUT2D eigenvalue weighted by molar-refractivity contribution is 5.93. The molecular formula is C25H30F2N2. The van der Waals surface area contributed by atoms with Crippen molar-refractivity contribution in [3.05, 3.63) is 53.3 Å². The molecule has 2 heterocycles. The Morgan fingerprint density at radius 3 is 2.55 bits per heavy atom. The minimum absolute atomic E-state index is 0.0139. The second-order valence-corrected chi connectivity index (χ2v) is 8.55. The van der Waals surface area contributed by atoms with E-state index in [4.69, 9.17) is 4.98 Å². The highest BCUT2D eigenvalue weighted by atomic mass is 19.3. The van der Waals surface area contributed by atoms with E-state index in [2.05, 4.69) is 55.8 Å². The zero-order valence-corrected chi connectivity index (χ0v) is 17.6. The van der Waals surface area contributed by atoms with E-state index in [1.54, 1.807) is 0 Å². The standard InChI is InChI=1S/C25H30F2N2/c1-4-18-12-23-24(28-14-18)22(21-7-6-17(3)20(5-2)13-21)16-29(23)15-19-8-10-25(26,27)11-9-19/h6-7,12-14,16,19H,4-5,8-11,15H2,1-3H3. The van der Waals surface area contributed by atoms with E-state index < -0.39 is 5.92 Å². The van der Waals surface area contributed by atoms with E-state index in [1.165, 1.54) is 22.3 Å². The molecule has 0 spiro atoms. The molecule has 1 fully saturated rings.